The highest BCUT2D eigenvalue weighted by molar-refractivity contribution is 7.90. The molecule has 166 valence electrons. The molecule has 0 saturated carbocycles. The molecule has 1 aliphatic heterocycles. The van der Waals surface area contributed by atoms with Crippen molar-refractivity contribution in [1.82, 2.24) is 0 Å². The third-order valence-electron chi connectivity index (χ3n) is 5.68. The molecule has 0 aliphatic carbocycles. The van der Waals surface area contributed by atoms with Crippen molar-refractivity contribution in [3.8, 4) is 5.75 Å². The fourth-order valence-corrected chi connectivity index (χ4v) is 5.18. The molecule has 4 rings (SSSR count). The van der Waals surface area contributed by atoms with E-state index in [0.29, 0.717) is 27.5 Å². The van der Waals surface area contributed by atoms with E-state index in [0.717, 1.165) is 12.3 Å². The number of sulfone groups is 1. The molecule has 0 radical (unpaired) electrons. The van der Waals surface area contributed by atoms with Crippen LogP contribution in [0.25, 0.3) is 0 Å². The van der Waals surface area contributed by atoms with Crippen LogP contribution < -0.4 is 4.74 Å². The van der Waals surface area contributed by atoms with Gasteiger partial charge in [-0.3, -0.25) is 4.79 Å². The topological polar surface area (TPSA) is 69.7 Å². The minimum Gasteiger partial charge on any atom is -0.497 e. The van der Waals surface area contributed by atoms with Crippen molar-refractivity contribution in [2.45, 2.75) is 16.4 Å². The summed E-state index contributed by atoms with van der Waals surface area (Å²) < 4.78 is 49.8. The summed E-state index contributed by atoms with van der Waals surface area (Å²) in [7, 11) is -2.23. The molecular weight excluding hydrogens is 455 g/mol. The van der Waals surface area contributed by atoms with Gasteiger partial charge in [0, 0.05) is 11.3 Å². The molecule has 32 heavy (non-hydrogen) atoms. The van der Waals surface area contributed by atoms with E-state index in [4.69, 9.17) is 21.1 Å². The number of ether oxygens (including phenoxy) is 2. The Morgan fingerprint density at radius 3 is 2.38 bits per heavy atom. The second-order valence-corrected chi connectivity index (χ2v) is 10.0. The van der Waals surface area contributed by atoms with E-state index in [-0.39, 0.29) is 12.4 Å². The maximum atomic E-state index is 14.8. The number of halogens is 2. The summed E-state index contributed by atoms with van der Waals surface area (Å²) in [6.07, 6.45) is 0.0244. The molecule has 0 spiro atoms. The number of rotatable bonds is 5. The highest BCUT2D eigenvalue weighted by atomic mass is 35.5. The Balaban J connectivity index is 1.99. The lowest BCUT2D eigenvalue weighted by Crippen LogP contribution is -2.38. The summed E-state index contributed by atoms with van der Waals surface area (Å²) in [5, 5.41) is 0.432. The molecule has 3 aromatic carbocycles. The number of hydrogen-bond donors (Lipinski definition) is 0. The van der Waals surface area contributed by atoms with Crippen LogP contribution in [0.3, 0.4) is 0 Å². The zero-order valence-corrected chi connectivity index (χ0v) is 18.9. The van der Waals surface area contributed by atoms with Crippen LogP contribution in [-0.2, 0) is 24.8 Å². The molecule has 8 heteroatoms. The summed E-state index contributed by atoms with van der Waals surface area (Å²) >= 11 is 6.27. The zero-order valence-electron chi connectivity index (χ0n) is 17.3. The number of Topliss-reactive ketones (excluding diaryl/α,β-unsaturated/α-hetero) is 1. The molecule has 1 heterocycles. The molecule has 2 unspecified atom stereocenters. The predicted molar refractivity (Wildman–Crippen MR) is 118 cm³/mol. The molecule has 2 atom stereocenters. The number of benzene rings is 3. The lowest BCUT2D eigenvalue weighted by molar-refractivity contribution is -0.120. The van der Waals surface area contributed by atoms with E-state index < -0.39 is 32.1 Å². The Kier molecular flexibility index (Phi) is 5.83. The van der Waals surface area contributed by atoms with Crippen LogP contribution in [-0.4, -0.2) is 34.2 Å². The molecule has 0 N–H and O–H groups in total. The van der Waals surface area contributed by atoms with E-state index >= 15 is 0 Å². The third kappa shape index (κ3) is 3.70. The summed E-state index contributed by atoms with van der Waals surface area (Å²) in [5.41, 5.74) is 0.180. The van der Waals surface area contributed by atoms with Crippen molar-refractivity contribution < 1.29 is 27.1 Å². The summed E-state index contributed by atoms with van der Waals surface area (Å²) in [5.74, 6) is -0.592. The smallest absolute Gasteiger partial charge is 0.178 e. The van der Waals surface area contributed by atoms with Crippen molar-refractivity contribution in [3.63, 3.8) is 0 Å². The first kappa shape index (κ1) is 22.5. The Morgan fingerprint density at radius 1 is 1.06 bits per heavy atom. The standard InChI is InChI=1S/C24H20ClFO5S/c1-30-19-8-4-6-17(13-19)24(16-5-3-7-18(25)12-16)22(27)14-31-23(24)15-9-10-21(20(26)11-15)32(2,28)29/h3-13,23H,14H2,1-2H3. The van der Waals surface area contributed by atoms with Crippen LogP contribution in [0.2, 0.25) is 5.02 Å². The van der Waals surface area contributed by atoms with E-state index in [2.05, 4.69) is 0 Å². The van der Waals surface area contributed by atoms with Gasteiger partial charge in [-0.25, -0.2) is 12.8 Å². The Hall–Kier alpha value is -2.74. The van der Waals surface area contributed by atoms with Gasteiger partial charge >= 0.3 is 0 Å². The van der Waals surface area contributed by atoms with Gasteiger partial charge in [-0.15, -0.1) is 0 Å². The molecule has 1 aliphatic rings. The summed E-state index contributed by atoms with van der Waals surface area (Å²) in [4.78, 5) is 13.1. The summed E-state index contributed by atoms with van der Waals surface area (Å²) in [6, 6.07) is 17.7. The minimum absolute atomic E-state index is 0.205. The van der Waals surface area contributed by atoms with Gasteiger partial charge in [0.15, 0.2) is 15.6 Å². The predicted octanol–water partition coefficient (Wildman–Crippen LogP) is 4.52. The number of hydrogen-bond acceptors (Lipinski definition) is 5. The highest BCUT2D eigenvalue weighted by Crippen LogP contribution is 2.51. The Labute approximate surface area is 190 Å². The number of methoxy groups -OCH3 is 1. The average Bonchev–Trinajstić information content (AvgIpc) is 3.10. The molecular formula is C24H20ClFO5S. The average molecular weight is 475 g/mol. The van der Waals surface area contributed by atoms with Crippen LogP contribution in [0, 0.1) is 5.82 Å². The normalized spacial score (nSPS) is 21.0. The minimum atomic E-state index is -3.75. The fourth-order valence-electron chi connectivity index (χ4n) is 4.26. The first-order chi connectivity index (χ1) is 15.2. The molecule has 0 bridgehead atoms. The Morgan fingerprint density at radius 2 is 1.75 bits per heavy atom. The highest BCUT2D eigenvalue weighted by Gasteiger charge is 2.54. The van der Waals surface area contributed by atoms with Crippen molar-refractivity contribution in [2.75, 3.05) is 20.0 Å². The van der Waals surface area contributed by atoms with E-state index in [9.17, 15) is 17.6 Å². The van der Waals surface area contributed by atoms with E-state index in [1.807, 2.05) is 0 Å². The van der Waals surface area contributed by atoms with Gasteiger partial charge < -0.3 is 9.47 Å². The molecule has 0 amide bonds. The SMILES string of the molecule is COc1cccc(C2(c3cccc(Cl)c3)C(=O)COC2c2ccc(S(C)(=O)=O)c(F)c2)c1. The van der Waals surface area contributed by atoms with Gasteiger partial charge in [0.2, 0.25) is 0 Å². The first-order valence-corrected chi connectivity index (χ1v) is 12.0. The van der Waals surface area contributed by atoms with Crippen molar-refractivity contribution in [3.05, 3.63) is 94.3 Å². The third-order valence-corrected chi connectivity index (χ3v) is 7.04. The fraction of sp³-hybridized carbons (Fsp3) is 0.208. The van der Waals surface area contributed by atoms with Gasteiger partial charge in [0.25, 0.3) is 0 Å². The van der Waals surface area contributed by atoms with Crippen LogP contribution >= 0.6 is 11.6 Å². The molecule has 5 nitrogen and oxygen atoms in total. The van der Waals surface area contributed by atoms with Crippen LogP contribution in [0.1, 0.15) is 22.8 Å². The van der Waals surface area contributed by atoms with Gasteiger partial charge in [-0.1, -0.05) is 41.9 Å². The molecule has 0 aromatic heterocycles. The van der Waals surface area contributed by atoms with Gasteiger partial charge in [-0.05, 0) is 53.1 Å². The van der Waals surface area contributed by atoms with Gasteiger partial charge in [0.1, 0.15) is 34.6 Å². The van der Waals surface area contributed by atoms with Crippen molar-refractivity contribution in [2.24, 2.45) is 0 Å². The second kappa shape index (κ2) is 8.31. The Bertz CT molecular complexity index is 1310. The maximum absolute atomic E-state index is 14.8. The maximum Gasteiger partial charge on any atom is 0.178 e. The second-order valence-electron chi connectivity index (χ2n) is 7.63. The first-order valence-electron chi connectivity index (χ1n) is 9.73. The van der Waals surface area contributed by atoms with Crippen LogP contribution in [0.4, 0.5) is 4.39 Å². The summed E-state index contributed by atoms with van der Waals surface area (Å²) in [6.45, 7) is -0.205. The lowest BCUT2D eigenvalue weighted by atomic mass is 9.67. The molecule has 1 saturated heterocycles. The van der Waals surface area contributed by atoms with Crippen molar-refractivity contribution in [1.29, 1.82) is 0 Å². The van der Waals surface area contributed by atoms with Crippen molar-refractivity contribution >= 4 is 27.2 Å². The van der Waals surface area contributed by atoms with Crippen LogP contribution in [0.5, 0.6) is 5.75 Å². The van der Waals surface area contributed by atoms with E-state index in [1.165, 1.54) is 19.2 Å². The number of ketones is 1. The van der Waals surface area contributed by atoms with E-state index in [1.54, 1.807) is 48.5 Å². The lowest BCUT2D eigenvalue weighted by Gasteiger charge is -2.34. The van der Waals surface area contributed by atoms with Gasteiger partial charge in [0.05, 0.1) is 7.11 Å². The van der Waals surface area contributed by atoms with Crippen LogP contribution in [0.15, 0.2) is 71.6 Å². The molecule has 1 fully saturated rings. The van der Waals surface area contributed by atoms with Gasteiger partial charge in [-0.2, -0.15) is 0 Å². The quantitative estimate of drug-likeness (QED) is 0.544. The monoisotopic (exact) mass is 474 g/mol. The molecule has 3 aromatic rings. The largest absolute Gasteiger partial charge is 0.497 e. The number of carbonyl (C=O) groups is 1. The number of carbonyl (C=O) groups excluding carboxylic acids is 1. The zero-order chi connectivity index (χ0) is 23.1.